The van der Waals surface area contributed by atoms with Gasteiger partial charge in [-0.2, -0.15) is 21.6 Å². The Bertz CT molecular complexity index is 1600. The molecule has 0 bridgehead atoms. The highest BCUT2D eigenvalue weighted by Gasteiger charge is 2.48. The van der Waals surface area contributed by atoms with E-state index in [0.717, 1.165) is 11.1 Å². The molecule has 0 aliphatic rings. The SMILES string of the molecule is O=S(=O)(Oc1ccc(-c2cc(-c3ccccc3)nc(-c3ccccc3)n2)c2ccccc12)C(F)(F)F. The molecule has 0 fully saturated rings. The molecule has 0 aliphatic heterocycles. The van der Waals surface area contributed by atoms with E-state index in [4.69, 9.17) is 9.97 Å². The van der Waals surface area contributed by atoms with Crippen molar-refractivity contribution >= 4 is 20.9 Å². The smallest absolute Gasteiger partial charge is 0.375 e. The first-order valence-corrected chi connectivity index (χ1v) is 12.2. The maximum absolute atomic E-state index is 12.9. The molecule has 0 aliphatic carbocycles. The summed E-state index contributed by atoms with van der Waals surface area (Å²) in [6, 6.07) is 29.8. The van der Waals surface area contributed by atoms with Gasteiger partial charge in [0.2, 0.25) is 0 Å². The Morgan fingerprint density at radius 3 is 1.83 bits per heavy atom. The number of rotatable bonds is 5. The lowest BCUT2D eigenvalue weighted by Crippen LogP contribution is -2.28. The summed E-state index contributed by atoms with van der Waals surface area (Å²) in [5, 5.41) is 0.674. The number of hydrogen-bond donors (Lipinski definition) is 0. The molecule has 4 aromatic carbocycles. The molecule has 180 valence electrons. The molecule has 36 heavy (non-hydrogen) atoms. The number of hydrogen-bond acceptors (Lipinski definition) is 5. The first kappa shape index (κ1) is 23.5. The van der Waals surface area contributed by atoms with Crippen molar-refractivity contribution in [2.75, 3.05) is 0 Å². The first-order valence-electron chi connectivity index (χ1n) is 10.8. The molecule has 9 heteroatoms. The van der Waals surface area contributed by atoms with Crippen molar-refractivity contribution in [3.63, 3.8) is 0 Å². The van der Waals surface area contributed by atoms with Crippen LogP contribution in [0.1, 0.15) is 0 Å². The highest BCUT2D eigenvalue weighted by Crippen LogP contribution is 2.37. The normalized spacial score (nSPS) is 12.0. The Labute approximate surface area is 205 Å². The van der Waals surface area contributed by atoms with Gasteiger partial charge in [-0.05, 0) is 23.6 Å². The molecule has 0 saturated heterocycles. The Morgan fingerprint density at radius 2 is 1.19 bits per heavy atom. The molecule has 5 nitrogen and oxygen atoms in total. The van der Waals surface area contributed by atoms with Crippen LogP contribution in [0.3, 0.4) is 0 Å². The summed E-state index contributed by atoms with van der Waals surface area (Å²) in [5.74, 6) is 0.0447. The highest BCUT2D eigenvalue weighted by molar-refractivity contribution is 7.88. The second-order valence-electron chi connectivity index (χ2n) is 7.83. The van der Waals surface area contributed by atoms with E-state index < -0.39 is 21.4 Å². The third-order valence-electron chi connectivity index (χ3n) is 5.47. The number of aromatic nitrogens is 2. The lowest BCUT2D eigenvalue weighted by atomic mass is 9.99. The average molecular weight is 507 g/mol. The van der Waals surface area contributed by atoms with E-state index in [1.54, 1.807) is 24.3 Å². The Hall–Kier alpha value is -4.24. The molecular weight excluding hydrogens is 489 g/mol. The molecular formula is C27H17F3N2O3S. The van der Waals surface area contributed by atoms with Crippen LogP contribution in [0.5, 0.6) is 5.75 Å². The molecule has 0 amide bonds. The third kappa shape index (κ3) is 4.52. The second-order valence-corrected chi connectivity index (χ2v) is 9.37. The van der Waals surface area contributed by atoms with Crippen molar-refractivity contribution in [3.8, 4) is 39.7 Å². The van der Waals surface area contributed by atoms with Crippen LogP contribution in [0.25, 0.3) is 44.7 Å². The van der Waals surface area contributed by atoms with E-state index in [2.05, 4.69) is 4.18 Å². The van der Waals surface area contributed by atoms with Crippen molar-refractivity contribution in [2.45, 2.75) is 5.51 Å². The van der Waals surface area contributed by atoms with Crippen LogP contribution in [-0.2, 0) is 10.1 Å². The van der Waals surface area contributed by atoms with Crippen LogP contribution in [0.4, 0.5) is 13.2 Å². The minimum atomic E-state index is -5.83. The summed E-state index contributed by atoms with van der Waals surface area (Å²) in [6.45, 7) is 0. The van der Waals surface area contributed by atoms with Crippen LogP contribution < -0.4 is 4.18 Å². The molecule has 0 saturated carbocycles. The summed E-state index contributed by atoms with van der Waals surface area (Å²) < 4.78 is 66.6. The number of benzene rings is 4. The van der Waals surface area contributed by atoms with Crippen LogP contribution in [0, 0.1) is 0 Å². The van der Waals surface area contributed by atoms with Gasteiger partial charge in [-0.15, -0.1) is 0 Å². The number of halogens is 3. The van der Waals surface area contributed by atoms with Crippen molar-refractivity contribution in [1.82, 2.24) is 9.97 Å². The maximum Gasteiger partial charge on any atom is 0.534 e. The second kappa shape index (κ2) is 9.09. The van der Waals surface area contributed by atoms with Gasteiger partial charge in [-0.25, -0.2) is 9.97 Å². The molecule has 0 unspecified atom stereocenters. The summed E-state index contributed by atoms with van der Waals surface area (Å²) in [4.78, 5) is 9.48. The topological polar surface area (TPSA) is 69.2 Å². The van der Waals surface area contributed by atoms with Crippen molar-refractivity contribution in [2.24, 2.45) is 0 Å². The largest absolute Gasteiger partial charge is 0.534 e. The Morgan fingerprint density at radius 1 is 0.639 bits per heavy atom. The van der Waals surface area contributed by atoms with E-state index in [-0.39, 0.29) is 5.39 Å². The maximum atomic E-state index is 12.9. The molecule has 0 radical (unpaired) electrons. The molecule has 0 atom stereocenters. The Kier molecular flexibility index (Phi) is 5.93. The van der Waals surface area contributed by atoms with Gasteiger partial charge >= 0.3 is 15.6 Å². The highest BCUT2D eigenvalue weighted by atomic mass is 32.2. The van der Waals surface area contributed by atoms with Crippen molar-refractivity contribution in [3.05, 3.63) is 103 Å². The van der Waals surface area contributed by atoms with Crippen molar-refractivity contribution < 1.29 is 25.8 Å². The van der Waals surface area contributed by atoms with E-state index in [0.29, 0.717) is 28.2 Å². The zero-order valence-corrected chi connectivity index (χ0v) is 19.3. The summed E-state index contributed by atoms with van der Waals surface area (Å²) in [7, 11) is -5.83. The van der Waals surface area contributed by atoms with Gasteiger partial charge in [0.15, 0.2) is 11.6 Å². The molecule has 1 heterocycles. The minimum absolute atomic E-state index is 0.198. The van der Waals surface area contributed by atoms with Crippen molar-refractivity contribution in [1.29, 1.82) is 0 Å². The number of nitrogens with zero attached hydrogens (tertiary/aromatic N) is 2. The lowest BCUT2D eigenvalue weighted by molar-refractivity contribution is -0.0499. The van der Waals surface area contributed by atoms with Crippen LogP contribution in [0.15, 0.2) is 103 Å². The summed E-state index contributed by atoms with van der Waals surface area (Å²) in [5.41, 5.74) is -2.14. The van der Waals surface area contributed by atoms with E-state index in [1.807, 2.05) is 60.7 Å². The quantitative estimate of drug-likeness (QED) is 0.192. The predicted octanol–water partition coefficient (Wildman–Crippen LogP) is 6.86. The minimum Gasteiger partial charge on any atom is -0.375 e. The fourth-order valence-corrected chi connectivity index (χ4v) is 4.27. The van der Waals surface area contributed by atoms with E-state index >= 15 is 0 Å². The van der Waals surface area contributed by atoms with Gasteiger partial charge in [0.25, 0.3) is 0 Å². The summed E-state index contributed by atoms with van der Waals surface area (Å²) in [6.07, 6.45) is 0. The van der Waals surface area contributed by atoms with Crippen LogP contribution in [0.2, 0.25) is 0 Å². The number of fused-ring (bicyclic) bond motifs is 1. The molecule has 5 aromatic rings. The van der Waals surface area contributed by atoms with Crippen LogP contribution >= 0.6 is 0 Å². The lowest BCUT2D eigenvalue weighted by Gasteiger charge is -2.14. The van der Waals surface area contributed by atoms with E-state index in [9.17, 15) is 21.6 Å². The predicted molar refractivity (Wildman–Crippen MR) is 131 cm³/mol. The molecule has 5 rings (SSSR count). The Balaban J connectivity index is 1.71. The third-order valence-corrected chi connectivity index (χ3v) is 6.44. The van der Waals surface area contributed by atoms with Gasteiger partial charge in [-0.3, -0.25) is 0 Å². The number of alkyl halides is 3. The molecule has 0 N–H and O–H groups in total. The van der Waals surface area contributed by atoms with E-state index in [1.165, 1.54) is 18.2 Å². The standard InChI is InChI=1S/C27H17F3N2O3S/c28-27(29,30)36(33,34)35-25-16-15-21(20-13-7-8-14-22(20)25)24-17-23(18-9-3-1-4-10-18)31-26(32-24)19-11-5-2-6-12-19/h1-17H. The molecule has 1 aromatic heterocycles. The zero-order chi connectivity index (χ0) is 25.3. The summed E-state index contributed by atoms with van der Waals surface area (Å²) >= 11 is 0. The average Bonchev–Trinajstić information content (AvgIpc) is 2.89. The van der Waals surface area contributed by atoms with Gasteiger partial charge < -0.3 is 4.18 Å². The van der Waals surface area contributed by atoms with Gasteiger partial charge in [0, 0.05) is 22.1 Å². The van der Waals surface area contributed by atoms with Gasteiger partial charge in [0.05, 0.1) is 11.4 Å². The van der Waals surface area contributed by atoms with Crippen LogP contribution in [-0.4, -0.2) is 23.9 Å². The monoisotopic (exact) mass is 506 g/mol. The van der Waals surface area contributed by atoms with Gasteiger partial charge in [0.1, 0.15) is 0 Å². The molecule has 0 spiro atoms. The first-order chi connectivity index (χ1) is 17.2. The zero-order valence-electron chi connectivity index (χ0n) is 18.5. The van der Waals surface area contributed by atoms with Gasteiger partial charge in [-0.1, -0.05) is 84.9 Å². The fraction of sp³-hybridized carbons (Fsp3) is 0.0370. The fourth-order valence-electron chi connectivity index (χ4n) is 3.79.